The molecule has 9 nitrogen and oxygen atoms in total. The SMILES string of the molecule is CN(CCc1ccccc1)C(=O)/C(C#N)=C(\O)c1cc(O)c(O)c([N+](=O)[O-])c1. The topological polar surface area (TPSA) is 148 Å². The molecule has 0 atom stereocenters. The van der Waals surface area contributed by atoms with E-state index < -0.39 is 39.3 Å². The number of carbonyl (C=O) groups excluding carboxylic acids is 1. The van der Waals surface area contributed by atoms with Crippen molar-refractivity contribution in [3.63, 3.8) is 0 Å². The first-order valence-electron chi connectivity index (χ1n) is 8.09. The van der Waals surface area contributed by atoms with Crippen LogP contribution in [0.3, 0.4) is 0 Å². The van der Waals surface area contributed by atoms with Crippen molar-refractivity contribution in [2.45, 2.75) is 6.42 Å². The fourth-order valence-corrected chi connectivity index (χ4v) is 2.46. The predicted molar refractivity (Wildman–Crippen MR) is 99.4 cm³/mol. The van der Waals surface area contributed by atoms with Crippen LogP contribution >= 0.6 is 0 Å². The van der Waals surface area contributed by atoms with Crippen LogP contribution in [0.25, 0.3) is 5.76 Å². The van der Waals surface area contributed by atoms with E-state index in [2.05, 4.69) is 0 Å². The Hall–Kier alpha value is -4.06. The second kappa shape index (κ2) is 8.55. The first-order valence-corrected chi connectivity index (χ1v) is 8.09. The zero-order valence-electron chi connectivity index (χ0n) is 14.9. The highest BCUT2D eigenvalue weighted by atomic mass is 16.6. The molecule has 2 aromatic carbocycles. The third kappa shape index (κ3) is 4.37. The molecule has 0 aromatic heterocycles. The van der Waals surface area contributed by atoms with Crippen molar-refractivity contribution in [1.82, 2.24) is 4.90 Å². The largest absolute Gasteiger partial charge is 0.506 e. The number of carbonyl (C=O) groups is 1. The number of aliphatic hydroxyl groups excluding tert-OH is 1. The molecule has 0 spiro atoms. The van der Waals surface area contributed by atoms with Crippen molar-refractivity contribution in [3.05, 3.63) is 69.3 Å². The zero-order valence-corrected chi connectivity index (χ0v) is 14.9. The highest BCUT2D eigenvalue weighted by molar-refractivity contribution is 6.03. The van der Waals surface area contributed by atoms with Crippen LogP contribution in [0.5, 0.6) is 11.5 Å². The number of amides is 1. The summed E-state index contributed by atoms with van der Waals surface area (Å²) in [5.41, 5.74) is -0.880. The Kier molecular flexibility index (Phi) is 6.18. The third-order valence-corrected chi connectivity index (χ3v) is 4.03. The monoisotopic (exact) mass is 383 g/mol. The van der Waals surface area contributed by atoms with Gasteiger partial charge in [0, 0.05) is 25.2 Å². The van der Waals surface area contributed by atoms with E-state index in [1.807, 2.05) is 30.3 Å². The van der Waals surface area contributed by atoms with Gasteiger partial charge in [-0.3, -0.25) is 14.9 Å². The Labute approximate surface area is 160 Å². The molecule has 0 heterocycles. The molecule has 0 fully saturated rings. The van der Waals surface area contributed by atoms with Crippen LogP contribution in [-0.2, 0) is 11.2 Å². The van der Waals surface area contributed by atoms with E-state index in [4.69, 9.17) is 0 Å². The van der Waals surface area contributed by atoms with E-state index in [9.17, 15) is 35.5 Å². The predicted octanol–water partition coefficient (Wildman–Crippen LogP) is 2.50. The number of phenols is 2. The van der Waals surface area contributed by atoms with E-state index in [0.717, 1.165) is 17.7 Å². The number of nitrogens with zero attached hydrogens (tertiary/aromatic N) is 3. The van der Waals surface area contributed by atoms with Gasteiger partial charge < -0.3 is 20.2 Å². The maximum Gasteiger partial charge on any atom is 0.315 e. The van der Waals surface area contributed by atoms with Crippen LogP contribution in [0.2, 0.25) is 0 Å². The van der Waals surface area contributed by atoms with Gasteiger partial charge in [0.2, 0.25) is 5.75 Å². The summed E-state index contributed by atoms with van der Waals surface area (Å²) in [4.78, 5) is 23.7. The minimum absolute atomic E-state index is 0.266. The van der Waals surface area contributed by atoms with Crippen LogP contribution in [0.1, 0.15) is 11.1 Å². The van der Waals surface area contributed by atoms with Crippen LogP contribution in [0, 0.1) is 21.4 Å². The molecule has 0 aliphatic carbocycles. The Balaban J connectivity index is 2.31. The van der Waals surface area contributed by atoms with Crippen molar-refractivity contribution in [3.8, 4) is 17.6 Å². The first-order chi connectivity index (χ1) is 13.3. The molecule has 0 aliphatic heterocycles. The second-order valence-electron chi connectivity index (χ2n) is 5.92. The summed E-state index contributed by atoms with van der Waals surface area (Å²) in [7, 11) is 1.45. The van der Waals surface area contributed by atoms with E-state index in [-0.39, 0.29) is 12.1 Å². The lowest BCUT2D eigenvalue weighted by Crippen LogP contribution is -2.30. The highest BCUT2D eigenvalue weighted by Crippen LogP contribution is 2.38. The number of nitriles is 1. The minimum Gasteiger partial charge on any atom is -0.506 e. The Morgan fingerprint density at radius 1 is 1.25 bits per heavy atom. The summed E-state index contributed by atoms with van der Waals surface area (Å²) in [5, 5.41) is 49.7. The molecule has 0 aliphatic rings. The maximum atomic E-state index is 12.5. The van der Waals surface area contributed by atoms with E-state index in [1.165, 1.54) is 11.9 Å². The molecular weight excluding hydrogens is 366 g/mol. The number of nitro groups is 1. The van der Waals surface area contributed by atoms with Gasteiger partial charge in [0.1, 0.15) is 11.8 Å². The lowest BCUT2D eigenvalue weighted by molar-refractivity contribution is -0.386. The van der Waals surface area contributed by atoms with E-state index in [0.29, 0.717) is 6.42 Å². The first kappa shape index (κ1) is 20.3. The van der Waals surface area contributed by atoms with E-state index in [1.54, 1.807) is 6.07 Å². The summed E-state index contributed by atoms with van der Waals surface area (Å²) in [6, 6.07) is 12.5. The van der Waals surface area contributed by atoms with Gasteiger partial charge in [-0.2, -0.15) is 5.26 Å². The standard InChI is InChI=1S/C19H17N3O6/c1-21(8-7-12-5-3-2-4-6-12)19(26)14(11-20)17(24)13-9-15(22(27)28)18(25)16(23)10-13/h2-6,9-10,23-25H,7-8H2,1H3/b17-14-. The van der Waals surface area contributed by atoms with Crippen molar-refractivity contribution in [2.75, 3.05) is 13.6 Å². The van der Waals surface area contributed by atoms with Gasteiger partial charge in [0.25, 0.3) is 5.91 Å². The molecular formula is C19H17N3O6. The quantitative estimate of drug-likeness (QED) is 0.173. The Bertz CT molecular complexity index is 979. The maximum absolute atomic E-state index is 12.5. The molecule has 0 saturated carbocycles. The van der Waals surface area contributed by atoms with Crippen molar-refractivity contribution in [2.24, 2.45) is 0 Å². The van der Waals surface area contributed by atoms with Gasteiger partial charge in [0.05, 0.1) is 4.92 Å². The van der Waals surface area contributed by atoms with Crippen LogP contribution in [0.15, 0.2) is 48.0 Å². The van der Waals surface area contributed by atoms with Gasteiger partial charge in [-0.15, -0.1) is 0 Å². The lowest BCUT2D eigenvalue weighted by atomic mass is 10.1. The van der Waals surface area contributed by atoms with Gasteiger partial charge in [-0.05, 0) is 18.1 Å². The number of aliphatic hydroxyl groups is 1. The van der Waals surface area contributed by atoms with E-state index >= 15 is 0 Å². The zero-order chi connectivity index (χ0) is 20.8. The molecule has 2 aromatic rings. The molecule has 9 heteroatoms. The Morgan fingerprint density at radius 3 is 2.46 bits per heavy atom. The molecule has 0 radical (unpaired) electrons. The number of rotatable bonds is 6. The van der Waals surface area contributed by atoms with Crippen LogP contribution in [-0.4, -0.2) is 44.6 Å². The second-order valence-corrected chi connectivity index (χ2v) is 5.92. The molecule has 0 bridgehead atoms. The number of benzene rings is 2. The normalized spacial score (nSPS) is 11.3. The van der Waals surface area contributed by atoms with Gasteiger partial charge in [0.15, 0.2) is 11.3 Å². The molecule has 28 heavy (non-hydrogen) atoms. The number of aromatic hydroxyl groups is 2. The number of hydrogen-bond donors (Lipinski definition) is 3. The highest BCUT2D eigenvalue weighted by Gasteiger charge is 2.25. The van der Waals surface area contributed by atoms with Crippen molar-refractivity contribution in [1.29, 1.82) is 5.26 Å². The van der Waals surface area contributed by atoms with Gasteiger partial charge in [-0.25, -0.2) is 0 Å². The summed E-state index contributed by atoms with van der Waals surface area (Å²) >= 11 is 0. The van der Waals surface area contributed by atoms with Crippen LogP contribution < -0.4 is 0 Å². The minimum atomic E-state index is -0.980. The van der Waals surface area contributed by atoms with Gasteiger partial charge in [-0.1, -0.05) is 30.3 Å². The van der Waals surface area contributed by atoms with Gasteiger partial charge >= 0.3 is 5.69 Å². The number of phenolic OH excluding ortho intramolecular Hbond substituents is 2. The summed E-state index contributed by atoms with van der Waals surface area (Å²) in [6.07, 6.45) is 0.522. The Morgan fingerprint density at radius 2 is 1.89 bits per heavy atom. The number of hydrogen-bond acceptors (Lipinski definition) is 7. The molecule has 0 unspecified atom stereocenters. The average Bonchev–Trinajstić information content (AvgIpc) is 2.68. The lowest BCUT2D eigenvalue weighted by Gasteiger charge is -2.17. The number of nitro benzene ring substituents is 1. The fourth-order valence-electron chi connectivity index (χ4n) is 2.46. The molecule has 2 rings (SSSR count). The summed E-state index contributed by atoms with van der Waals surface area (Å²) in [5.74, 6) is -3.46. The van der Waals surface area contributed by atoms with Crippen molar-refractivity contribution >= 4 is 17.4 Å². The fraction of sp³-hybridized carbons (Fsp3) is 0.158. The molecule has 1 amide bonds. The van der Waals surface area contributed by atoms with Crippen molar-refractivity contribution < 1.29 is 25.0 Å². The number of likely N-dealkylation sites (N-methyl/N-ethyl adjacent to an activating group) is 1. The smallest absolute Gasteiger partial charge is 0.315 e. The molecule has 144 valence electrons. The molecule has 0 saturated heterocycles. The van der Waals surface area contributed by atoms with Crippen LogP contribution in [0.4, 0.5) is 5.69 Å². The summed E-state index contributed by atoms with van der Waals surface area (Å²) in [6.45, 7) is 0.266. The summed E-state index contributed by atoms with van der Waals surface area (Å²) < 4.78 is 0. The molecule has 3 N–H and O–H groups in total. The third-order valence-electron chi connectivity index (χ3n) is 4.03. The average molecular weight is 383 g/mol.